The fraction of sp³-hybridized carbons (Fsp3) is 0.948. The molecular formula is C58H112O6. The maximum atomic E-state index is 12.9. The van der Waals surface area contributed by atoms with Gasteiger partial charge in [0.25, 0.3) is 0 Å². The number of carbonyl (C=O) groups is 3. The molecule has 6 nitrogen and oxygen atoms in total. The second-order valence-corrected chi connectivity index (χ2v) is 20.2. The van der Waals surface area contributed by atoms with Gasteiger partial charge in [-0.3, -0.25) is 14.4 Å². The smallest absolute Gasteiger partial charge is 0.306 e. The van der Waals surface area contributed by atoms with E-state index in [1.165, 1.54) is 225 Å². The van der Waals surface area contributed by atoms with Crippen molar-refractivity contribution in [3.05, 3.63) is 0 Å². The Hall–Kier alpha value is -1.59. The van der Waals surface area contributed by atoms with Crippen molar-refractivity contribution in [3.63, 3.8) is 0 Å². The van der Waals surface area contributed by atoms with Crippen molar-refractivity contribution in [2.45, 2.75) is 336 Å². The van der Waals surface area contributed by atoms with E-state index in [4.69, 9.17) is 14.2 Å². The van der Waals surface area contributed by atoms with E-state index in [1.54, 1.807) is 0 Å². The van der Waals surface area contributed by atoms with Gasteiger partial charge in [-0.1, -0.05) is 291 Å². The summed E-state index contributed by atoms with van der Waals surface area (Å²) in [5, 5.41) is 0. The van der Waals surface area contributed by atoms with Gasteiger partial charge in [-0.05, 0) is 25.2 Å². The first kappa shape index (κ1) is 62.4. The predicted molar refractivity (Wildman–Crippen MR) is 275 cm³/mol. The van der Waals surface area contributed by atoms with Gasteiger partial charge in [0, 0.05) is 19.3 Å². The molecule has 0 aliphatic rings. The molecule has 0 saturated carbocycles. The van der Waals surface area contributed by atoms with Crippen LogP contribution in [0.3, 0.4) is 0 Å². The molecule has 0 N–H and O–H groups in total. The first-order chi connectivity index (χ1) is 31.4. The van der Waals surface area contributed by atoms with Crippen molar-refractivity contribution in [3.8, 4) is 0 Å². The van der Waals surface area contributed by atoms with Crippen molar-refractivity contribution in [2.24, 2.45) is 5.92 Å². The summed E-state index contributed by atoms with van der Waals surface area (Å²) in [7, 11) is 0. The van der Waals surface area contributed by atoms with E-state index in [1.807, 2.05) is 0 Å². The van der Waals surface area contributed by atoms with Crippen LogP contribution in [0.2, 0.25) is 0 Å². The van der Waals surface area contributed by atoms with E-state index in [-0.39, 0.29) is 31.1 Å². The van der Waals surface area contributed by atoms with Gasteiger partial charge in [-0.25, -0.2) is 0 Å². The fourth-order valence-electron chi connectivity index (χ4n) is 8.89. The van der Waals surface area contributed by atoms with Gasteiger partial charge in [0.2, 0.25) is 0 Å². The van der Waals surface area contributed by atoms with Crippen LogP contribution in [0.25, 0.3) is 0 Å². The van der Waals surface area contributed by atoms with Gasteiger partial charge in [0.05, 0.1) is 0 Å². The molecule has 0 aromatic carbocycles. The molecule has 0 saturated heterocycles. The summed E-state index contributed by atoms with van der Waals surface area (Å²) < 4.78 is 16.9. The van der Waals surface area contributed by atoms with E-state index < -0.39 is 6.10 Å². The van der Waals surface area contributed by atoms with Crippen LogP contribution in [0, 0.1) is 5.92 Å². The number of ether oxygens (including phenoxy) is 3. The van der Waals surface area contributed by atoms with E-state index in [2.05, 4.69) is 27.7 Å². The van der Waals surface area contributed by atoms with Gasteiger partial charge in [0.1, 0.15) is 13.2 Å². The number of rotatable bonds is 53. The fourth-order valence-corrected chi connectivity index (χ4v) is 8.89. The summed E-state index contributed by atoms with van der Waals surface area (Å²) in [6.07, 6.45) is 56.6. The van der Waals surface area contributed by atoms with Gasteiger partial charge >= 0.3 is 17.9 Å². The minimum absolute atomic E-state index is 0.0621. The molecule has 0 spiro atoms. The Morgan fingerprint density at radius 3 is 0.812 bits per heavy atom. The Morgan fingerprint density at radius 1 is 0.312 bits per heavy atom. The Bertz CT molecular complexity index is 966. The highest BCUT2D eigenvalue weighted by atomic mass is 16.6. The maximum absolute atomic E-state index is 12.9. The molecule has 0 fully saturated rings. The third kappa shape index (κ3) is 49.8. The van der Waals surface area contributed by atoms with Gasteiger partial charge in [-0.2, -0.15) is 0 Å². The van der Waals surface area contributed by atoms with Crippen LogP contribution < -0.4 is 0 Å². The van der Waals surface area contributed by atoms with Crippen LogP contribution in [0.5, 0.6) is 0 Å². The molecule has 0 aromatic heterocycles. The van der Waals surface area contributed by atoms with Crippen molar-refractivity contribution in [2.75, 3.05) is 13.2 Å². The topological polar surface area (TPSA) is 78.9 Å². The molecule has 0 aliphatic heterocycles. The van der Waals surface area contributed by atoms with Crippen LogP contribution in [-0.2, 0) is 28.6 Å². The Morgan fingerprint density at radius 2 is 0.547 bits per heavy atom. The van der Waals surface area contributed by atoms with Crippen LogP contribution in [0.15, 0.2) is 0 Å². The van der Waals surface area contributed by atoms with Crippen molar-refractivity contribution >= 4 is 17.9 Å². The molecule has 6 heteroatoms. The summed E-state index contributed by atoms with van der Waals surface area (Å²) in [5.74, 6) is 0.0329. The summed E-state index contributed by atoms with van der Waals surface area (Å²) in [5.41, 5.74) is 0. The van der Waals surface area contributed by atoms with Gasteiger partial charge in [0.15, 0.2) is 6.10 Å². The minimum Gasteiger partial charge on any atom is -0.462 e. The zero-order valence-electron chi connectivity index (χ0n) is 43.8. The van der Waals surface area contributed by atoms with E-state index in [0.717, 1.165) is 63.7 Å². The average molecular weight is 906 g/mol. The zero-order chi connectivity index (χ0) is 46.7. The van der Waals surface area contributed by atoms with Crippen molar-refractivity contribution < 1.29 is 28.6 Å². The molecule has 0 radical (unpaired) electrons. The van der Waals surface area contributed by atoms with E-state index in [9.17, 15) is 14.4 Å². The highest BCUT2D eigenvalue weighted by Crippen LogP contribution is 2.18. The molecule has 0 aromatic rings. The van der Waals surface area contributed by atoms with E-state index in [0.29, 0.717) is 19.3 Å². The molecule has 0 aliphatic carbocycles. The molecular weight excluding hydrogens is 793 g/mol. The monoisotopic (exact) mass is 905 g/mol. The Balaban J connectivity index is 4.28. The van der Waals surface area contributed by atoms with Gasteiger partial charge < -0.3 is 14.2 Å². The lowest BCUT2D eigenvalue weighted by Gasteiger charge is -2.18. The lowest BCUT2D eigenvalue weighted by molar-refractivity contribution is -0.167. The zero-order valence-corrected chi connectivity index (χ0v) is 43.8. The number of hydrogen-bond acceptors (Lipinski definition) is 6. The molecule has 1 unspecified atom stereocenters. The number of esters is 3. The molecule has 0 bridgehead atoms. The lowest BCUT2D eigenvalue weighted by atomic mass is 9.99. The minimum atomic E-state index is -0.762. The number of unbranched alkanes of at least 4 members (excludes halogenated alkanes) is 39. The largest absolute Gasteiger partial charge is 0.462 e. The lowest BCUT2D eigenvalue weighted by Crippen LogP contribution is -2.30. The Labute approximate surface area is 399 Å². The predicted octanol–water partition coefficient (Wildman–Crippen LogP) is 19.0. The quantitative estimate of drug-likeness (QED) is 0.0344. The maximum Gasteiger partial charge on any atom is 0.306 e. The standard InChI is InChI=1S/C58H112O6/c1-5-8-10-12-14-16-18-20-21-22-23-24-25-27-29-35-39-43-47-51-58(61)64-55(52-62-56(59)49-45-41-37-33-28-26-19-17-15-13-11-9-6-2)53-63-57(60)50-46-42-38-34-31-30-32-36-40-44-48-54(4)7-3/h54-55H,5-53H2,1-4H3/t54?,55-/m0/s1. The summed E-state index contributed by atoms with van der Waals surface area (Å²) in [4.78, 5) is 38.1. The summed E-state index contributed by atoms with van der Waals surface area (Å²) >= 11 is 0. The first-order valence-electron chi connectivity index (χ1n) is 28.9. The molecule has 64 heavy (non-hydrogen) atoms. The first-order valence-corrected chi connectivity index (χ1v) is 28.9. The summed E-state index contributed by atoms with van der Waals surface area (Å²) in [6.45, 7) is 9.08. The van der Waals surface area contributed by atoms with Gasteiger partial charge in [-0.15, -0.1) is 0 Å². The second-order valence-electron chi connectivity index (χ2n) is 20.2. The molecule has 2 atom stereocenters. The Kier molecular flexibility index (Phi) is 51.1. The normalized spacial score (nSPS) is 12.4. The van der Waals surface area contributed by atoms with Crippen LogP contribution >= 0.6 is 0 Å². The van der Waals surface area contributed by atoms with Crippen LogP contribution in [0.1, 0.15) is 329 Å². The number of hydrogen-bond donors (Lipinski definition) is 0. The second kappa shape index (κ2) is 52.4. The van der Waals surface area contributed by atoms with Crippen LogP contribution in [-0.4, -0.2) is 37.2 Å². The molecule has 0 amide bonds. The molecule has 0 rings (SSSR count). The third-order valence-corrected chi connectivity index (χ3v) is 13.7. The number of carbonyl (C=O) groups excluding carboxylic acids is 3. The van der Waals surface area contributed by atoms with Crippen LogP contribution in [0.4, 0.5) is 0 Å². The molecule has 0 heterocycles. The summed E-state index contributed by atoms with van der Waals surface area (Å²) in [6, 6.07) is 0. The van der Waals surface area contributed by atoms with E-state index >= 15 is 0 Å². The SMILES string of the molecule is CCCCCCCCCCCCCCCCCCCCCC(=O)O[C@@H](COC(=O)CCCCCCCCCCCCCCC)COC(=O)CCCCCCCCCCCCC(C)CC. The highest BCUT2D eigenvalue weighted by molar-refractivity contribution is 5.71. The average Bonchev–Trinajstić information content (AvgIpc) is 3.29. The molecule has 380 valence electrons. The third-order valence-electron chi connectivity index (χ3n) is 13.7. The van der Waals surface area contributed by atoms with Crippen molar-refractivity contribution in [1.29, 1.82) is 0 Å². The highest BCUT2D eigenvalue weighted by Gasteiger charge is 2.19. The van der Waals surface area contributed by atoms with Crippen molar-refractivity contribution in [1.82, 2.24) is 0 Å².